The van der Waals surface area contributed by atoms with Crippen LogP contribution in [0.5, 0.6) is 0 Å². The Bertz CT molecular complexity index is 777. The zero-order valence-corrected chi connectivity index (χ0v) is 15.5. The minimum absolute atomic E-state index is 0.0825. The monoisotopic (exact) mass is 349 g/mol. The molecule has 0 saturated heterocycles. The van der Waals surface area contributed by atoms with Crippen molar-refractivity contribution < 1.29 is 4.79 Å². The summed E-state index contributed by atoms with van der Waals surface area (Å²) in [5.74, 6) is 0.326. The third-order valence-corrected chi connectivity index (χ3v) is 4.42. The number of amidine groups is 1. The minimum atomic E-state index is 0.0825. The number of ketones is 1. The largest absolute Gasteiger partial charge is 0.384 e. The highest BCUT2D eigenvalue weighted by atomic mass is 16.1. The molecule has 4 nitrogen and oxygen atoms in total. The number of carbonyl (C=O) groups is 1. The van der Waals surface area contributed by atoms with Crippen molar-refractivity contribution in [1.82, 2.24) is 5.32 Å². The van der Waals surface area contributed by atoms with E-state index in [0.29, 0.717) is 12.8 Å². The molecule has 4 N–H and O–H groups in total. The number of nitrogens with two attached hydrogens (primary N) is 1. The van der Waals surface area contributed by atoms with Crippen LogP contribution < -0.4 is 11.1 Å². The highest BCUT2D eigenvalue weighted by Crippen LogP contribution is 2.11. The van der Waals surface area contributed by atoms with Crippen LogP contribution in [0.2, 0.25) is 0 Å². The molecular weight excluding hydrogens is 322 g/mol. The van der Waals surface area contributed by atoms with E-state index in [2.05, 4.69) is 12.2 Å². The van der Waals surface area contributed by atoms with Gasteiger partial charge in [0.2, 0.25) is 0 Å². The van der Waals surface area contributed by atoms with Gasteiger partial charge in [-0.15, -0.1) is 0 Å². The van der Waals surface area contributed by atoms with Crippen LogP contribution in [-0.4, -0.2) is 18.2 Å². The lowest BCUT2D eigenvalue weighted by molar-refractivity contribution is -0.117. The number of nitrogen functional groups attached to an aromatic ring is 1. The molecule has 0 aliphatic carbocycles. The van der Waals surface area contributed by atoms with Gasteiger partial charge in [-0.05, 0) is 25.0 Å². The average Bonchev–Trinajstić information content (AvgIpc) is 2.62. The minimum Gasteiger partial charge on any atom is -0.384 e. The van der Waals surface area contributed by atoms with E-state index in [0.717, 1.165) is 35.4 Å². The number of Topliss-reactive ketones (excluding diaryl/α,β-unsaturated/α-hetero) is 1. The lowest BCUT2D eigenvalue weighted by Crippen LogP contribution is -2.17. The first-order chi connectivity index (χ1) is 12.5. The summed E-state index contributed by atoms with van der Waals surface area (Å²) in [5, 5.41) is 10.8. The van der Waals surface area contributed by atoms with Crippen molar-refractivity contribution in [2.24, 2.45) is 5.73 Å². The third kappa shape index (κ3) is 6.30. The molecule has 0 saturated carbocycles. The Kier molecular flexibility index (Phi) is 7.30. The van der Waals surface area contributed by atoms with Crippen LogP contribution >= 0.6 is 0 Å². The number of nitrogens with one attached hydrogen (secondary N) is 2. The van der Waals surface area contributed by atoms with E-state index >= 15 is 0 Å². The van der Waals surface area contributed by atoms with Crippen molar-refractivity contribution in [3.63, 3.8) is 0 Å². The Hall–Kier alpha value is -2.72. The molecule has 2 rings (SSSR count). The normalized spacial score (nSPS) is 11.8. The van der Waals surface area contributed by atoms with E-state index < -0.39 is 0 Å². The molecule has 0 spiro atoms. The van der Waals surface area contributed by atoms with Crippen molar-refractivity contribution >= 4 is 11.6 Å². The van der Waals surface area contributed by atoms with Gasteiger partial charge < -0.3 is 11.1 Å². The predicted molar refractivity (Wildman–Crippen MR) is 107 cm³/mol. The number of hydrogen-bond acceptors (Lipinski definition) is 3. The Balaban J connectivity index is 1.80. The summed E-state index contributed by atoms with van der Waals surface area (Å²) in [6.45, 7) is 5.58. The van der Waals surface area contributed by atoms with Crippen LogP contribution in [0.15, 0.2) is 65.7 Å². The van der Waals surface area contributed by atoms with E-state index in [1.807, 2.05) is 61.5 Å². The zero-order valence-electron chi connectivity index (χ0n) is 15.5. The number of benzene rings is 2. The van der Waals surface area contributed by atoms with Gasteiger partial charge >= 0.3 is 0 Å². The van der Waals surface area contributed by atoms with E-state index in [-0.39, 0.29) is 11.6 Å². The van der Waals surface area contributed by atoms with Gasteiger partial charge in [0.15, 0.2) is 0 Å². The summed E-state index contributed by atoms with van der Waals surface area (Å²) in [6.07, 6.45) is 0.983. The Morgan fingerprint density at radius 2 is 1.62 bits per heavy atom. The molecule has 0 unspecified atom stereocenters. The van der Waals surface area contributed by atoms with Gasteiger partial charge in [-0.1, -0.05) is 65.7 Å². The molecule has 0 bridgehead atoms. The van der Waals surface area contributed by atoms with Gasteiger partial charge in [-0.2, -0.15) is 0 Å². The van der Waals surface area contributed by atoms with Crippen molar-refractivity contribution in [3.8, 4) is 0 Å². The van der Waals surface area contributed by atoms with Gasteiger partial charge in [-0.25, -0.2) is 0 Å². The smallest absolute Gasteiger partial charge is 0.141 e. The molecule has 0 aliphatic rings. The van der Waals surface area contributed by atoms with E-state index in [1.54, 1.807) is 0 Å². The zero-order chi connectivity index (χ0) is 18.9. The van der Waals surface area contributed by atoms with Gasteiger partial charge in [0.1, 0.15) is 11.6 Å². The molecule has 136 valence electrons. The lowest BCUT2D eigenvalue weighted by Gasteiger charge is -2.10. The van der Waals surface area contributed by atoms with Gasteiger partial charge in [0.25, 0.3) is 0 Å². The average molecular weight is 349 g/mol. The summed E-state index contributed by atoms with van der Waals surface area (Å²) in [4.78, 5) is 12.2. The predicted octanol–water partition coefficient (Wildman–Crippen LogP) is 3.60. The van der Waals surface area contributed by atoms with Crippen molar-refractivity contribution in [2.75, 3.05) is 6.54 Å². The molecule has 0 aliphatic heterocycles. The molecule has 0 amide bonds. The number of rotatable bonds is 9. The summed E-state index contributed by atoms with van der Waals surface area (Å²) < 4.78 is 0. The summed E-state index contributed by atoms with van der Waals surface area (Å²) in [5.41, 5.74) is 10.7. The first-order valence-corrected chi connectivity index (χ1v) is 8.80. The lowest BCUT2D eigenvalue weighted by atomic mass is 10.0. The van der Waals surface area contributed by atoms with E-state index in [9.17, 15) is 4.79 Å². The SMILES string of the molecule is CC(CNCc1ccc(C(=N)N)cc1)=C(C)CC(=O)Cc1ccccc1. The molecule has 2 aromatic carbocycles. The Morgan fingerprint density at radius 3 is 2.23 bits per heavy atom. The van der Waals surface area contributed by atoms with E-state index in [4.69, 9.17) is 11.1 Å². The van der Waals surface area contributed by atoms with Crippen molar-refractivity contribution in [1.29, 1.82) is 5.41 Å². The van der Waals surface area contributed by atoms with Crippen LogP contribution in [0, 0.1) is 5.41 Å². The van der Waals surface area contributed by atoms with Crippen LogP contribution in [-0.2, 0) is 17.8 Å². The van der Waals surface area contributed by atoms with Crippen LogP contribution in [0.4, 0.5) is 0 Å². The standard InChI is InChI=1S/C22H27N3O/c1-16(12-21(26)13-18-6-4-3-5-7-18)17(2)14-25-15-19-8-10-20(11-9-19)22(23)24/h3-11,25H,12-15H2,1-2H3,(H3,23,24). The first kappa shape index (κ1) is 19.6. The highest BCUT2D eigenvalue weighted by molar-refractivity contribution is 5.94. The second-order valence-electron chi connectivity index (χ2n) is 6.65. The maximum atomic E-state index is 12.2. The van der Waals surface area contributed by atoms with Crippen LogP contribution in [0.1, 0.15) is 37.0 Å². The van der Waals surface area contributed by atoms with Crippen LogP contribution in [0.25, 0.3) is 0 Å². The first-order valence-electron chi connectivity index (χ1n) is 8.80. The van der Waals surface area contributed by atoms with Gasteiger partial charge in [0, 0.05) is 31.5 Å². The maximum Gasteiger partial charge on any atom is 0.141 e. The molecule has 2 aromatic rings. The maximum absolute atomic E-state index is 12.2. The Morgan fingerprint density at radius 1 is 0.962 bits per heavy atom. The van der Waals surface area contributed by atoms with Crippen LogP contribution in [0.3, 0.4) is 0 Å². The van der Waals surface area contributed by atoms with Crippen molar-refractivity contribution in [3.05, 3.63) is 82.4 Å². The topological polar surface area (TPSA) is 79.0 Å². The summed E-state index contributed by atoms with van der Waals surface area (Å²) >= 11 is 0. The fraction of sp³-hybridized carbons (Fsp3) is 0.273. The second-order valence-corrected chi connectivity index (χ2v) is 6.65. The van der Waals surface area contributed by atoms with Gasteiger partial charge in [0.05, 0.1) is 0 Å². The van der Waals surface area contributed by atoms with Gasteiger partial charge in [-0.3, -0.25) is 10.2 Å². The summed E-state index contributed by atoms with van der Waals surface area (Å²) in [6, 6.07) is 17.5. The molecule has 26 heavy (non-hydrogen) atoms. The number of hydrogen-bond donors (Lipinski definition) is 3. The highest BCUT2D eigenvalue weighted by Gasteiger charge is 2.07. The summed E-state index contributed by atoms with van der Waals surface area (Å²) in [7, 11) is 0. The molecule has 4 heteroatoms. The molecular formula is C22H27N3O. The molecule has 0 atom stereocenters. The fourth-order valence-corrected chi connectivity index (χ4v) is 2.68. The molecule has 0 heterocycles. The number of carbonyl (C=O) groups excluding carboxylic acids is 1. The quantitative estimate of drug-likeness (QED) is 0.368. The molecule has 0 aromatic heterocycles. The number of allylic oxidation sites excluding steroid dienone is 1. The van der Waals surface area contributed by atoms with Crippen molar-refractivity contribution in [2.45, 2.75) is 33.2 Å². The Labute approximate surface area is 155 Å². The molecule has 0 fully saturated rings. The van der Waals surface area contributed by atoms with E-state index in [1.165, 1.54) is 5.57 Å². The third-order valence-electron chi connectivity index (χ3n) is 4.42. The fourth-order valence-electron chi connectivity index (χ4n) is 2.68. The molecule has 0 radical (unpaired) electrons. The second kappa shape index (κ2) is 9.68.